The Morgan fingerprint density at radius 1 is 1.38 bits per heavy atom. The molecule has 0 saturated carbocycles. The molecular weight excluding hydrogens is 212 g/mol. The molecule has 0 aromatic heterocycles. The molecule has 16 heavy (non-hydrogen) atoms. The van der Waals surface area contributed by atoms with Gasteiger partial charge in [-0.15, -0.1) is 0 Å². The number of aliphatic hydroxyl groups excluding tert-OH is 1. The van der Waals surface area contributed by atoms with Gasteiger partial charge in [0, 0.05) is 6.42 Å². The zero-order valence-electron chi connectivity index (χ0n) is 10.1. The Hall–Kier alpha value is -0.650. The highest BCUT2D eigenvalue weighted by atomic mass is 16.8. The maximum Gasteiger partial charge on any atom is 0.305 e. The molecule has 0 amide bonds. The minimum Gasteiger partial charge on any atom is -0.466 e. The first-order chi connectivity index (χ1) is 7.48. The molecule has 0 aromatic carbocycles. The van der Waals surface area contributed by atoms with E-state index in [1.165, 1.54) is 0 Å². The minimum atomic E-state index is -0.688. The quantitative estimate of drug-likeness (QED) is 0.712. The van der Waals surface area contributed by atoms with Crippen LogP contribution in [-0.2, 0) is 19.0 Å². The van der Waals surface area contributed by atoms with Crippen molar-refractivity contribution in [1.82, 2.24) is 0 Å². The summed E-state index contributed by atoms with van der Waals surface area (Å²) in [6.07, 6.45) is 0.191. The third-order valence-electron chi connectivity index (χ3n) is 2.40. The lowest BCUT2D eigenvalue weighted by Gasteiger charge is -2.16. The molecule has 1 heterocycles. The van der Waals surface area contributed by atoms with E-state index >= 15 is 0 Å². The van der Waals surface area contributed by atoms with Crippen molar-refractivity contribution in [3.05, 3.63) is 0 Å². The summed E-state index contributed by atoms with van der Waals surface area (Å²) in [6.45, 7) is 5.64. The van der Waals surface area contributed by atoms with Gasteiger partial charge in [-0.25, -0.2) is 0 Å². The fourth-order valence-electron chi connectivity index (χ4n) is 1.80. The van der Waals surface area contributed by atoms with Crippen molar-refractivity contribution >= 4 is 5.97 Å². The lowest BCUT2D eigenvalue weighted by atomic mass is 10.1. The van der Waals surface area contributed by atoms with Crippen LogP contribution < -0.4 is 0 Å². The molecule has 0 aliphatic carbocycles. The molecule has 1 N–H and O–H groups in total. The molecule has 0 aromatic rings. The number of carbonyl (C=O) groups is 1. The summed E-state index contributed by atoms with van der Waals surface area (Å²) in [5, 5.41) is 9.12. The van der Waals surface area contributed by atoms with E-state index in [2.05, 4.69) is 0 Å². The van der Waals surface area contributed by atoms with Gasteiger partial charge in [0.25, 0.3) is 0 Å². The van der Waals surface area contributed by atoms with E-state index in [9.17, 15) is 4.79 Å². The van der Waals surface area contributed by atoms with E-state index in [1.807, 2.05) is 0 Å². The predicted octanol–water partition coefficient (Wildman–Crippen LogP) is 0.842. The number of aliphatic hydroxyl groups is 1. The zero-order chi connectivity index (χ0) is 12.2. The van der Waals surface area contributed by atoms with Crippen molar-refractivity contribution in [3.8, 4) is 0 Å². The van der Waals surface area contributed by atoms with E-state index in [1.54, 1.807) is 20.8 Å². The first-order valence-corrected chi connectivity index (χ1v) is 5.60. The van der Waals surface area contributed by atoms with E-state index in [0.29, 0.717) is 13.0 Å². The molecule has 2 atom stereocenters. The molecule has 1 rings (SSSR count). The second-order valence-corrected chi connectivity index (χ2v) is 4.24. The first kappa shape index (κ1) is 13.4. The third kappa shape index (κ3) is 3.73. The van der Waals surface area contributed by atoms with Crippen LogP contribution in [0, 0.1) is 0 Å². The molecule has 1 aliphatic rings. The summed E-state index contributed by atoms with van der Waals surface area (Å²) in [7, 11) is 0. The van der Waals surface area contributed by atoms with E-state index < -0.39 is 5.79 Å². The van der Waals surface area contributed by atoms with E-state index in [0.717, 1.165) is 0 Å². The SMILES string of the molecule is CCOC(=O)CCC1OC(C)(C)OC1CO. The van der Waals surface area contributed by atoms with Crippen molar-refractivity contribution in [2.45, 2.75) is 51.6 Å². The van der Waals surface area contributed by atoms with Crippen LogP contribution in [0.1, 0.15) is 33.6 Å². The Morgan fingerprint density at radius 2 is 2.00 bits per heavy atom. The van der Waals surface area contributed by atoms with Gasteiger partial charge in [0.05, 0.1) is 19.3 Å². The lowest BCUT2D eigenvalue weighted by molar-refractivity contribution is -0.152. The fraction of sp³-hybridized carbons (Fsp3) is 0.909. The third-order valence-corrected chi connectivity index (χ3v) is 2.40. The zero-order valence-corrected chi connectivity index (χ0v) is 10.1. The topological polar surface area (TPSA) is 65.0 Å². The highest BCUT2D eigenvalue weighted by molar-refractivity contribution is 5.69. The molecule has 0 bridgehead atoms. The molecular formula is C11H20O5. The molecule has 0 radical (unpaired) electrons. The Labute approximate surface area is 95.7 Å². The number of carbonyl (C=O) groups excluding carboxylic acids is 1. The Bertz CT molecular complexity index is 239. The summed E-state index contributed by atoms with van der Waals surface area (Å²) in [5.41, 5.74) is 0. The Kier molecular flexibility index (Phi) is 4.70. The van der Waals surface area contributed by atoms with Crippen molar-refractivity contribution in [1.29, 1.82) is 0 Å². The summed E-state index contributed by atoms with van der Waals surface area (Å²) in [6, 6.07) is 0. The maximum atomic E-state index is 11.2. The van der Waals surface area contributed by atoms with Gasteiger partial charge in [0.15, 0.2) is 5.79 Å². The molecule has 94 valence electrons. The van der Waals surface area contributed by atoms with Crippen LogP contribution in [-0.4, -0.2) is 42.3 Å². The van der Waals surface area contributed by atoms with Gasteiger partial charge < -0.3 is 19.3 Å². The number of esters is 1. The van der Waals surface area contributed by atoms with Crippen molar-refractivity contribution in [2.24, 2.45) is 0 Å². The second kappa shape index (κ2) is 5.61. The number of hydrogen-bond acceptors (Lipinski definition) is 5. The highest BCUT2D eigenvalue weighted by Crippen LogP contribution is 2.30. The molecule has 1 aliphatic heterocycles. The second-order valence-electron chi connectivity index (χ2n) is 4.24. The van der Waals surface area contributed by atoms with Crippen LogP contribution in [0.15, 0.2) is 0 Å². The van der Waals surface area contributed by atoms with Gasteiger partial charge in [-0.3, -0.25) is 4.79 Å². The van der Waals surface area contributed by atoms with Crippen LogP contribution >= 0.6 is 0 Å². The van der Waals surface area contributed by atoms with Gasteiger partial charge in [-0.05, 0) is 27.2 Å². The normalized spacial score (nSPS) is 28.0. The molecule has 1 fully saturated rings. The number of hydrogen-bond donors (Lipinski definition) is 1. The average molecular weight is 232 g/mol. The smallest absolute Gasteiger partial charge is 0.305 e. The molecule has 5 nitrogen and oxygen atoms in total. The first-order valence-electron chi connectivity index (χ1n) is 5.60. The highest BCUT2D eigenvalue weighted by Gasteiger charge is 2.40. The van der Waals surface area contributed by atoms with E-state index in [4.69, 9.17) is 19.3 Å². The van der Waals surface area contributed by atoms with Crippen LogP contribution in [0.2, 0.25) is 0 Å². The monoisotopic (exact) mass is 232 g/mol. The van der Waals surface area contributed by atoms with Crippen molar-refractivity contribution in [3.63, 3.8) is 0 Å². The summed E-state index contributed by atoms with van der Waals surface area (Å²) in [4.78, 5) is 11.2. The van der Waals surface area contributed by atoms with Crippen LogP contribution in [0.5, 0.6) is 0 Å². The Morgan fingerprint density at radius 3 is 2.56 bits per heavy atom. The summed E-state index contributed by atoms with van der Waals surface area (Å²) >= 11 is 0. The molecule has 0 spiro atoms. The van der Waals surface area contributed by atoms with Gasteiger partial charge in [0.2, 0.25) is 0 Å². The minimum absolute atomic E-state index is 0.100. The number of ether oxygens (including phenoxy) is 3. The molecule has 2 unspecified atom stereocenters. The van der Waals surface area contributed by atoms with Crippen molar-refractivity contribution in [2.75, 3.05) is 13.2 Å². The number of rotatable bonds is 5. The molecule has 5 heteroatoms. The summed E-state index contributed by atoms with van der Waals surface area (Å²) in [5.74, 6) is -0.931. The lowest BCUT2D eigenvalue weighted by Crippen LogP contribution is -2.27. The van der Waals surface area contributed by atoms with Crippen LogP contribution in [0.3, 0.4) is 0 Å². The standard InChI is InChI=1S/C11H20O5/c1-4-14-10(13)6-5-8-9(7-12)16-11(2,3)15-8/h8-9,12H,4-7H2,1-3H3. The van der Waals surface area contributed by atoms with Crippen LogP contribution in [0.4, 0.5) is 0 Å². The van der Waals surface area contributed by atoms with E-state index in [-0.39, 0.29) is 31.2 Å². The van der Waals surface area contributed by atoms with Crippen LogP contribution in [0.25, 0.3) is 0 Å². The summed E-state index contributed by atoms with van der Waals surface area (Å²) < 4.78 is 15.9. The maximum absolute atomic E-state index is 11.2. The predicted molar refractivity (Wildman–Crippen MR) is 56.8 cm³/mol. The van der Waals surface area contributed by atoms with Crippen molar-refractivity contribution < 1.29 is 24.1 Å². The largest absolute Gasteiger partial charge is 0.466 e. The molecule has 1 saturated heterocycles. The Balaban J connectivity index is 2.38. The van der Waals surface area contributed by atoms with Gasteiger partial charge in [-0.2, -0.15) is 0 Å². The fourth-order valence-corrected chi connectivity index (χ4v) is 1.80. The van der Waals surface area contributed by atoms with Gasteiger partial charge >= 0.3 is 5.97 Å². The van der Waals surface area contributed by atoms with Gasteiger partial charge in [-0.1, -0.05) is 0 Å². The average Bonchev–Trinajstić information content (AvgIpc) is 2.51. The van der Waals surface area contributed by atoms with Gasteiger partial charge in [0.1, 0.15) is 6.10 Å².